The van der Waals surface area contributed by atoms with E-state index in [-0.39, 0.29) is 35.4 Å². The van der Waals surface area contributed by atoms with Crippen LogP contribution in [0.25, 0.3) is 0 Å². The summed E-state index contributed by atoms with van der Waals surface area (Å²) in [6.07, 6.45) is 26.0. The molecule has 14 heteroatoms. The van der Waals surface area contributed by atoms with Crippen molar-refractivity contribution in [3.05, 3.63) is 22.8 Å². The van der Waals surface area contributed by atoms with Gasteiger partial charge in [-0.25, -0.2) is 9.78 Å². The van der Waals surface area contributed by atoms with E-state index < -0.39 is 35.3 Å². The van der Waals surface area contributed by atoms with Crippen LogP contribution in [0, 0.1) is 0 Å². The van der Waals surface area contributed by atoms with Crippen molar-refractivity contribution in [1.29, 1.82) is 0 Å². The third-order valence-corrected chi connectivity index (χ3v) is 11.5. The van der Waals surface area contributed by atoms with Gasteiger partial charge in [0.1, 0.15) is 36.0 Å². The zero-order valence-electron chi connectivity index (χ0n) is 33.2. The summed E-state index contributed by atoms with van der Waals surface area (Å²) in [5, 5.41) is 7.92. The smallest absolute Gasteiger partial charge is 0.355 e. The number of anilines is 1. The van der Waals surface area contributed by atoms with Crippen molar-refractivity contribution in [2.75, 3.05) is 45.0 Å². The second-order valence-electron chi connectivity index (χ2n) is 14.2. The summed E-state index contributed by atoms with van der Waals surface area (Å²) in [7, 11) is 1.32. The fourth-order valence-corrected chi connectivity index (χ4v) is 8.31. The number of carbonyl (C=O) groups excluding carboxylic acids is 3. The van der Waals surface area contributed by atoms with Crippen molar-refractivity contribution in [2.24, 2.45) is 5.16 Å². The average molecular weight is 794 g/mol. The molecule has 0 saturated carbocycles. The summed E-state index contributed by atoms with van der Waals surface area (Å²) in [5.74, 6) is -1.17. The molecule has 3 rings (SSSR count). The first-order valence-corrected chi connectivity index (χ1v) is 22.5. The highest BCUT2D eigenvalue weighted by Gasteiger charge is 2.53. The fourth-order valence-electron chi connectivity index (χ4n) is 6.57. The molecule has 1 aromatic rings. The molecule has 2 atom stereocenters. The SMILES string of the molecule is CCCCCCCCCCCCOCC(COCCCCCCCCCCCC)OC(=O)C1=CCS[C@@H]2C(NC(=O)/C(=N\OC)c3csc(N)n3)C(=O)N12. The third kappa shape index (κ3) is 16.6. The molecule has 1 saturated heterocycles. The molecule has 0 aliphatic carbocycles. The van der Waals surface area contributed by atoms with Gasteiger partial charge in [-0.1, -0.05) is 135 Å². The van der Waals surface area contributed by atoms with Crippen molar-refractivity contribution in [1.82, 2.24) is 15.2 Å². The van der Waals surface area contributed by atoms with Crippen LogP contribution in [-0.2, 0) is 33.4 Å². The summed E-state index contributed by atoms with van der Waals surface area (Å²) in [4.78, 5) is 50.4. The van der Waals surface area contributed by atoms with E-state index in [1.165, 1.54) is 127 Å². The molecular weight excluding hydrogens is 727 g/mol. The number of nitrogens with one attached hydrogen (secondary N) is 1. The van der Waals surface area contributed by atoms with Gasteiger partial charge in [-0.3, -0.25) is 14.5 Å². The normalized spacial score (nSPS) is 17.0. The second-order valence-corrected chi connectivity index (χ2v) is 16.2. The van der Waals surface area contributed by atoms with Crippen LogP contribution in [0.1, 0.15) is 148 Å². The average Bonchev–Trinajstić information content (AvgIpc) is 3.61. The summed E-state index contributed by atoms with van der Waals surface area (Å²) in [5.41, 5.74) is 6.06. The number of nitrogens with two attached hydrogens (primary N) is 1. The Labute approximate surface area is 332 Å². The number of nitrogens with zero attached hydrogens (tertiary/aromatic N) is 3. The molecule has 0 spiro atoms. The number of carbonyl (C=O) groups is 3. The Kier molecular flexibility index (Phi) is 23.6. The van der Waals surface area contributed by atoms with Gasteiger partial charge in [0.05, 0.1) is 13.2 Å². The highest BCUT2D eigenvalue weighted by atomic mass is 32.2. The van der Waals surface area contributed by atoms with E-state index in [0.29, 0.717) is 19.0 Å². The lowest BCUT2D eigenvalue weighted by atomic mass is 10.0. The molecule has 12 nitrogen and oxygen atoms in total. The van der Waals surface area contributed by atoms with Gasteiger partial charge in [0.15, 0.2) is 10.8 Å². The van der Waals surface area contributed by atoms with Gasteiger partial charge in [0.2, 0.25) is 0 Å². The third-order valence-electron chi connectivity index (χ3n) is 9.67. The minimum Gasteiger partial charge on any atom is -0.453 e. The maximum Gasteiger partial charge on any atom is 0.355 e. The number of β-lactam (4-membered cyclic amide) rings is 1. The Morgan fingerprint density at radius 3 is 1.87 bits per heavy atom. The minimum absolute atomic E-state index is 0.0915. The lowest BCUT2D eigenvalue weighted by Gasteiger charge is -2.48. The monoisotopic (exact) mass is 793 g/mol. The fraction of sp³-hybridized carbons (Fsp3) is 0.775. The topological polar surface area (TPSA) is 155 Å². The van der Waals surface area contributed by atoms with Crippen LogP contribution in [0.2, 0.25) is 0 Å². The minimum atomic E-state index is -0.860. The number of amides is 2. The zero-order valence-corrected chi connectivity index (χ0v) is 34.8. The Balaban J connectivity index is 1.45. The van der Waals surface area contributed by atoms with Crippen LogP contribution in [0.4, 0.5) is 5.13 Å². The van der Waals surface area contributed by atoms with Gasteiger partial charge >= 0.3 is 5.97 Å². The Bertz CT molecular complexity index is 1260. The Hall–Kier alpha value is -2.68. The highest BCUT2D eigenvalue weighted by Crippen LogP contribution is 2.38. The van der Waals surface area contributed by atoms with E-state index in [1.54, 1.807) is 11.5 Å². The quantitative estimate of drug-likeness (QED) is 0.0240. The van der Waals surface area contributed by atoms with E-state index in [0.717, 1.165) is 37.0 Å². The van der Waals surface area contributed by atoms with E-state index in [4.69, 9.17) is 24.8 Å². The first-order chi connectivity index (χ1) is 26.4. The van der Waals surface area contributed by atoms with Crippen LogP contribution in [0.3, 0.4) is 0 Å². The molecule has 306 valence electrons. The lowest BCUT2D eigenvalue weighted by molar-refractivity contribution is -0.159. The van der Waals surface area contributed by atoms with Crippen LogP contribution in [-0.4, -0.2) is 90.2 Å². The first-order valence-electron chi connectivity index (χ1n) is 20.6. The molecule has 2 aliphatic rings. The number of aromatic nitrogens is 1. The molecule has 0 radical (unpaired) electrons. The van der Waals surface area contributed by atoms with Crippen molar-refractivity contribution in [3.8, 4) is 0 Å². The van der Waals surface area contributed by atoms with Crippen LogP contribution < -0.4 is 11.1 Å². The van der Waals surface area contributed by atoms with E-state index in [1.807, 2.05) is 0 Å². The van der Waals surface area contributed by atoms with E-state index in [2.05, 4.69) is 29.3 Å². The van der Waals surface area contributed by atoms with Gasteiger partial charge < -0.3 is 30.1 Å². The van der Waals surface area contributed by atoms with Crippen molar-refractivity contribution in [2.45, 2.75) is 160 Å². The predicted molar refractivity (Wildman–Crippen MR) is 218 cm³/mol. The number of nitrogen functional groups attached to an aromatic ring is 1. The van der Waals surface area contributed by atoms with Crippen LogP contribution >= 0.6 is 23.1 Å². The Morgan fingerprint density at radius 2 is 1.39 bits per heavy atom. The van der Waals surface area contributed by atoms with Gasteiger partial charge in [-0.15, -0.1) is 23.1 Å². The number of hydrogen-bond acceptors (Lipinski definition) is 12. The Morgan fingerprint density at radius 1 is 0.870 bits per heavy atom. The number of thiazole rings is 1. The van der Waals surface area contributed by atoms with E-state index >= 15 is 0 Å². The number of ether oxygens (including phenoxy) is 3. The summed E-state index contributed by atoms with van der Waals surface area (Å²) < 4.78 is 17.9. The number of oxime groups is 1. The van der Waals surface area contributed by atoms with Gasteiger partial charge in [0.25, 0.3) is 11.8 Å². The number of rotatable bonds is 32. The van der Waals surface area contributed by atoms with E-state index in [9.17, 15) is 14.4 Å². The van der Waals surface area contributed by atoms with Gasteiger partial charge in [-0.2, -0.15) is 0 Å². The molecule has 3 N–H and O–H groups in total. The molecule has 2 amide bonds. The largest absolute Gasteiger partial charge is 0.453 e. The first kappa shape index (κ1) is 45.7. The number of unbranched alkanes of at least 4 members (excludes halogenated alkanes) is 18. The molecule has 54 heavy (non-hydrogen) atoms. The van der Waals surface area contributed by atoms with Crippen molar-refractivity contribution < 1.29 is 33.4 Å². The number of esters is 1. The maximum atomic E-state index is 13.5. The molecule has 0 bridgehead atoms. The summed E-state index contributed by atoms with van der Waals surface area (Å²) in [6.45, 7) is 6.13. The summed E-state index contributed by atoms with van der Waals surface area (Å²) in [6, 6.07) is -0.860. The number of thioether (sulfide) groups is 1. The molecule has 1 aromatic heterocycles. The highest BCUT2D eigenvalue weighted by molar-refractivity contribution is 8.00. The lowest BCUT2D eigenvalue weighted by Crippen LogP contribution is -2.70. The number of fused-ring (bicyclic) bond motifs is 1. The zero-order chi connectivity index (χ0) is 38.8. The van der Waals surface area contributed by atoms with Gasteiger partial charge in [0, 0.05) is 24.3 Å². The second kappa shape index (κ2) is 27.8. The molecule has 2 aliphatic heterocycles. The molecule has 3 heterocycles. The molecular formula is C40H67N5O7S2. The summed E-state index contributed by atoms with van der Waals surface area (Å²) >= 11 is 2.61. The molecule has 1 fully saturated rings. The maximum absolute atomic E-state index is 13.5. The number of hydrogen-bond donors (Lipinski definition) is 2. The van der Waals surface area contributed by atoms with Crippen molar-refractivity contribution >= 4 is 51.7 Å². The van der Waals surface area contributed by atoms with Crippen LogP contribution in [0.15, 0.2) is 22.3 Å². The molecule has 0 aromatic carbocycles. The van der Waals surface area contributed by atoms with Crippen LogP contribution in [0.5, 0.6) is 0 Å². The molecule has 1 unspecified atom stereocenters. The predicted octanol–water partition coefficient (Wildman–Crippen LogP) is 8.15. The standard InChI is InChI=1S/C40H67N5O7S2/c1-4-6-8-10-12-14-16-18-20-22-25-50-28-31(29-51-26-23-21-19-17-15-13-11-9-7-5-2)52-39(48)33-24-27-53-38-35(37(47)45(33)38)43-36(46)34(44-49-3)32-30-54-40(41)42-32/h24,30-31,35,38H,4-23,25-29H2,1-3H3,(H2,41,42)(H,43,46)/b44-34-/t35?,38-/m1/s1. The van der Waals surface area contributed by atoms with Crippen molar-refractivity contribution in [3.63, 3.8) is 0 Å². The van der Waals surface area contributed by atoms with Gasteiger partial charge in [-0.05, 0) is 18.9 Å².